The van der Waals surface area contributed by atoms with Gasteiger partial charge in [-0.05, 0) is 12.5 Å². The van der Waals surface area contributed by atoms with Crippen LogP contribution in [-0.2, 0) is 9.53 Å². The second kappa shape index (κ2) is 3.88. The van der Waals surface area contributed by atoms with E-state index in [1.165, 1.54) is 6.92 Å². The number of hydrogen-bond acceptors (Lipinski definition) is 4. The molecule has 1 aliphatic heterocycles. The summed E-state index contributed by atoms with van der Waals surface area (Å²) in [6.45, 7) is 1.33. The molecule has 3 rings (SSSR count). The highest BCUT2D eigenvalue weighted by Gasteiger charge is 2.45. The minimum Gasteiger partial charge on any atom is -0.481 e. The van der Waals surface area contributed by atoms with Gasteiger partial charge in [0.05, 0.1) is 11.6 Å². The van der Waals surface area contributed by atoms with E-state index in [1.807, 2.05) is 24.3 Å². The molecule has 0 fully saturated rings. The van der Waals surface area contributed by atoms with Gasteiger partial charge in [0.15, 0.2) is 11.9 Å². The molecule has 0 saturated heterocycles. The fourth-order valence-corrected chi connectivity index (χ4v) is 2.60. The van der Waals surface area contributed by atoms with Gasteiger partial charge in [0.25, 0.3) is 0 Å². The summed E-state index contributed by atoms with van der Waals surface area (Å²) in [4.78, 5) is 11.1. The van der Waals surface area contributed by atoms with E-state index in [0.717, 1.165) is 11.3 Å². The predicted octanol–water partition coefficient (Wildman–Crippen LogP) is 2.28. The van der Waals surface area contributed by atoms with Crippen LogP contribution >= 0.6 is 0 Å². The molecule has 4 heteroatoms. The number of carbonyl (C=O) groups excluding carboxylic acids is 1. The molecule has 2 atom stereocenters. The number of benzene rings is 1. The van der Waals surface area contributed by atoms with Crippen LogP contribution in [0.25, 0.3) is 0 Å². The summed E-state index contributed by atoms with van der Waals surface area (Å²) in [5.41, 5.74) is 1.59. The zero-order chi connectivity index (χ0) is 12.7. The Labute approximate surface area is 104 Å². The largest absolute Gasteiger partial charge is 0.481 e. The van der Waals surface area contributed by atoms with E-state index in [1.54, 1.807) is 0 Å². The van der Waals surface area contributed by atoms with Crippen molar-refractivity contribution in [2.24, 2.45) is 0 Å². The molecule has 0 aromatic heterocycles. The van der Waals surface area contributed by atoms with E-state index in [-0.39, 0.29) is 12.0 Å². The molecule has 0 spiro atoms. The fraction of sp³-hybridized carbons (Fsp3) is 0.286. The molecular weight excluding hydrogens is 230 g/mol. The van der Waals surface area contributed by atoms with Crippen LogP contribution < -0.4 is 4.74 Å². The minimum absolute atomic E-state index is 0.0881. The first-order valence-corrected chi connectivity index (χ1v) is 5.78. The van der Waals surface area contributed by atoms with E-state index in [0.29, 0.717) is 17.8 Å². The fourth-order valence-electron chi connectivity index (χ4n) is 2.60. The van der Waals surface area contributed by atoms with Gasteiger partial charge in [-0.2, -0.15) is 5.26 Å². The van der Waals surface area contributed by atoms with E-state index in [4.69, 9.17) is 14.7 Å². The summed E-state index contributed by atoms with van der Waals surface area (Å²) in [5.74, 6) is 0.864. The van der Waals surface area contributed by atoms with Crippen LogP contribution in [0.2, 0.25) is 0 Å². The number of ether oxygens (including phenoxy) is 2. The molecular formula is C14H11NO3. The number of rotatable bonds is 1. The molecule has 4 nitrogen and oxygen atoms in total. The third-order valence-electron chi connectivity index (χ3n) is 3.31. The smallest absolute Gasteiger partial charge is 0.307 e. The van der Waals surface area contributed by atoms with Crippen molar-refractivity contribution < 1.29 is 14.3 Å². The normalized spacial score (nSPS) is 24.0. The lowest BCUT2D eigenvalue weighted by molar-refractivity contribution is -0.138. The number of carbonyl (C=O) groups is 1. The lowest BCUT2D eigenvalue weighted by Gasteiger charge is -2.13. The van der Waals surface area contributed by atoms with Gasteiger partial charge >= 0.3 is 5.97 Å². The maximum atomic E-state index is 11.1. The van der Waals surface area contributed by atoms with Crippen molar-refractivity contribution in [3.63, 3.8) is 0 Å². The Balaban J connectivity index is 1.98. The second-order valence-corrected chi connectivity index (χ2v) is 4.44. The molecule has 0 radical (unpaired) electrons. The van der Waals surface area contributed by atoms with Crippen LogP contribution in [0.5, 0.6) is 5.75 Å². The van der Waals surface area contributed by atoms with E-state index < -0.39 is 5.97 Å². The van der Waals surface area contributed by atoms with Crippen LogP contribution in [0, 0.1) is 11.3 Å². The van der Waals surface area contributed by atoms with E-state index in [2.05, 4.69) is 6.07 Å². The van der Waals surface area contributed by atoms with Crippen molar-refractivity contribution in [3.8, 4) is 11.8 Å². The van der Waals surface area contributed by atoms with Crippen molar-refractivity contribution in [3.05, 3.63) is 41.2 Å². The van der Waals surface area contributed by atoms with Crippen molar-refractivity contribution >= 4 is 5.97 Å². The van der Waals surface area contributed by atoms with Gasteiger partial charge in [-0.1, -0.05) is 18.2 Å². The van der Waals surface area contributed by atoms with Crippen LogP contribution in [0.15, 0.2) is 35.6 Å². The summed E-state index contributed by atoms with van der Waals surface area (Å²) in [5, 5.41) is 9.10. The third kappa shape index (κ3) is 1.48. The van der Waals surface area contributed by atoms with Crippen molar-refractivity contribution in [2.75, 3.05) is 0 Å². The maximum absolute atomic E-state index is 11.1. The number of esters is 1. The summed E-state index contributed by atoms with van der Waals surface area (Å²) in [6.07, 6.45) is 0.238. The zero-order valence-electron chi connectivity index (χ0n) is 9.84. The molecule has 0 N–H and O–H groups in total. The molecule has 1 aliphatic carbocycles. The Morgan fingerprint density at radius 2 is 2.28 bits per heavy atom. The number of para-hydroxylation sites is 1. The molecule has 0 unspecified atom stereocenters. The first-order chi connectivity index (χ1) is 8.70. The summed E-state index contributed by atoms with van der Waals surface area (Å²) in [6, 6.07) is 9.83. The lowest BCUT2D eigenvalue weighted by atomic mass is 9.96. The van der Waals surface area contributed by atoms with E-state index in [9.17, 15) is 4.79 Å². The molecule has 0 amide bonds. The Morgan fingerprint density at radius 3 is 3.00 bits per heavy atom. The highest BCUT2D eigenvalue weighted by Crippen LogP contribution is 2.49. The van der Waals surface area contributed by atoms with Crippen molar-refractivity contribution in [2.45, 2.75) is 25.4 Å². The standard InChI is InChI=1S/C14H11NO3/c1-8(16)17-13-9(7-15)6-11-10-4-2-3-5-12(10)18-14(11)13/h2-5,11,14H,6H2,1H3/t11-,14+/m1/s1. The molecule has 2 aliphatic rings. The van der Waals surface area contributed by atoms with Gasteiger partial charge in [-0.25, -0.2) is 0 Å². The Bertz CT molecular complexity index is 597. The molecule has 1 aromatic carbocycles. The summed E-state index contributed by atoms with van der Waals surface area (Å²) in [7, 11) is 0. The van der Waals surface area contributed by atoms with Crippen molar-refractivity contribution in [1.29, 1.82) is 5.26 Å². The quantitative estimate of drug-likeness (QED) is 0.708. The van der Waals surface area contributed by atoms with Gasteiger partial charge in [0.2, 0.25) is 0 Å². The summed E-state index contributed by atoms with van der Waals surface area (Å²) >= 11 is 0. The SMILES string of the molecule is CC(=O)OC1=C(C#N)C[C@@H]2c3ccccc3O[C@H]12. The lowest BCUT2D eigenvalue weighted by Crippen LogP contribution is -2.19. The predicted molar refractivity (Wildman–Crippen MR) is 62.6 cm³/mol. The Hall–Kier alpha value is -2.28. The van der Waals surface area contributed by atoms with Gasteiger partial charge in [-0.3, -0.25) is 4.79 Å². The molecule has 18 heavy (non-hydrogen) atoms. The summed E-state index contributed by atoms with van der Waals surface area (Å²) < 4.78 is 10.9. The highest BCUT2D eigenvalue weighted by atomic mass is 16.6. The molecule has 1 heterocycles. The number of nitriles is 1. The van der Waals surface area contributed by atoms with Crippen LogP contribution in [-0.4, -0.2) is 12.1 Å². The second-order valence-electron chi connectivity index (χ2n) is 4.44. The number of hydrogen-bond donors (Lipinski definition) is 0. The molecule has 0 saturated carbocycles. The Morgan fingerprint density at radius 1 is 1.50 bits per heavy atom. The van der Waals surface area contributed by atoms with Crippen LogP contribution in [0.4, 0.5) is 0 Å². The minimum atomic E-state index is -0.419. The first kappa shape index (κ1) is 10.8. The number of fused-ring (bicyclic) bond motifs is 3. The average Bonchev–Trinajstić information content (AvgIpc) is 2.86. The molecule has 1 aromatic rings. The monoisotopic (exact) mass is 241 g/mol. The van der Waals surface area contributed by atoms with Gasteiger partial charge in [-0.15, -0.1) is 0 Å². The van der Waals surface area contributed by atoms with Gasteiger partial charge < -0.3 is 9.47 Å². The number of allylic oxidation sites excluding steroid dienone is 1. The molecule has 90 valence electrons. The van der Waals surface area contributed by atoms with Gasteiger partial charge in [0, 0.05) is 18.4 Å². The van der Waals surface area contributed by atoms with Crippen LogP contribution in [0.1, 0.15) is 24.8 Å². The van der Waals surface area contributed by atoms with Crippen LogP contribution in [0.3, 0.4) is 0 Å². The van der Waals surface area contributed by atoms with Crippen molar-refractivity contribution in [1.82, 2.24) is 0 Å². The third-order valence-corrected chi connectivity index (χ3v) is 3.31. The van der Waals surface area contributed by atoms with E-state index >= 15 is 0 Å². The topological polar surface area (TPSA) is 59.3 Å². The number of nitrogens with zero attached hydrogens (tertiary/aromatic N) is 1. The molecule has 0 bridgehead atoms. The highest BCUT2D eigenvalue weighted by molar-refractivity contribution is 5.68. The first-order valence-electron chi connectivity index (χ1n) is 5.78. The van der Waals surface area contributed by atoms with Gasteiger partial charge in [0.1, 0.15) is 5.75 Å². The average molecular weight is 241 g/mol. The Kier molecular flexibility index (Phi) is 2.34. The zero-order valence-corrected chi connectivity index (χ0v) is 9.84. The maximum Gasteiger partial charge on any atom is 0.307 e.